The summed E-state index contributed by atoms with van der Waals surface area (Å²) in [5, 5.41) is 18.4. The minimum Gasteiger partial charge on any atom is -0.424 e. The van der Waals surface area contributed by atoms with Crippen molar-refractivity contribution in [1.82, 2.24) is 34.9 Å². The monoisotopic (exact) mass is 417 g/mol. The average Bonchev–Trinajstić information content (AvgIpc) is 3.19. The lowest BCUT2D eigenvalue weighted by Gasteiger charge is -2.08. The van der Waals surface area contributed by atoms with Crippen LogP contribution >= 0.6 is 0 Å². The zero-order valence-electron chi connectivity index (χ0n) is 16.7. The molecule has 0 aliphatic rings. The van der Waals surface area contributed by atoms with Gasteiger partial charge in [0.15, 0.2) is 6.33 Å². The average molecular weight is 417 g/mol. The Bertz CT molecular complexity index is 1550. The molecule has 6 rings (SSSR count). The van der Waals surface area contributed by atoms with E-state index in [2.05, 4.69) is 54.6 Å². The van der Waals surface area contributed by atoms with Crippen molar-refractivity contribution in [3.63, 3.8) is 0 Å². The molecular weight excluding hydrogens is 402 g/mol. The number of hydrogen-bond acceptors (Lipinski definition) is 7. The maximum Gasteiger partial charge on any atom is 0.321 e. The van der Waals surface area contributed by atoms with Crippen LogP contribution in [-0.2, 0) is 0 Å². The Hall–Kier alpha value is -4.72. The SMILES string of the molecule is c1cnc(Oc2cccc(-c3ccc4c5ccccc5n(-c5nncnn5)c4c3)c2)nc1. The summed E-state index contributed by atoms with van der Waals surface area (Å²) < 4.78 is 7.78. The molecule has 0 spiro atoms. The lowest BCUT2D eigenvalue weighted by molar-refractivity contribution is 0.442. The van der Waals surface area contributed by atoms with E-state index < -0.39 is 0 Å². The minimum atomic E-state index is 0.307. The molecule has 152 valence electrons. The molecule has 0 radical (unpaired) electrons. The number of hydrogen-bond donors (Lipinski definition) is 0. The first kappa shape index (κ1) is 18.1. The summed E-state index contributed by atoms with van der Waals surface area (Å²) in [6.07, 6.45) is 4.62. The fourth-order valence-electron chi connectivity index (χ4n) is 3.84. The van der Waals surface area contributed by atoms with Crippen LogP contribution < -0.4 is 4.74 Å². The summed E-state index contributed by atoms with van der Waals surface area (Å²) in [6, 6.07) is 24.4. The summed E-state index contributed by atoms with van der Waals surface area (Å²) in [4.78, 5) is 8.25. The van der Waals surface area contributed by atoms with Crippen LogP contribution in [0.3, 0.4) is 0 Å². The third-order valence-electron chi connectivity index (χ3n) is 5.19. The normalized spacial score (nSPS) is 11.1. The Morgan fingerprint density at radius 2 is 1.44 bits per heavy atom. The third-order valence-corrected chi connectivity index (χ3v) is 5.19. The molecule has 3 aromatic heterocycles. The second-order valence-electron chi connectivity index (χ2n) is 7.09. The molecule has 0 fully saturated rings. The van der Waals surface area contributed by atoms with Gasteiger partial charge in [-0.3, -0.25) is 4.57 Å². The highest BCUT2D eigenvalue weighted by molar-refractivity contribution is 6.09. The van der Waals surface area contributed by atoms with E-state index in [4.69, 9.17) is 4.74 Å². The molecule has 0 saturated carbocycles. The van der Waals surface area contributed by atoms with Gasteiger partial charge in [-0.2, -0.15) is 0 Å². The Balaban J connectivity index is 1.50. The molecule has 8 heteroatoms. The van der Waals surface area contributed by atoms with Crippen LogP contribution in [0.2, 0.25) is 0 Å². The van der Waals surface area contributed by atoms with E-state index in [0.29, 0.717) is 17.7 Å². The zero-order valence-corrected chi connectivity index (χ0v) is 16.7. The molecule has 32 heavy (non-hydrogen) atoms. The lowest BCUT2D eigenvalue weighted by Crippen LogP contribution is -2.03. The standard InChI is InChI=1S/C24H15N7O/c1-2-8-21-19(7-1)20-10-9-17(14-22(20)31(21)23-29-27-15-28-30-23)16-5-3-6-18(13-16)32-24-25-11-4-12-26-24/h1-15H. The molecule has 0 aliphatic heterocycles. The highest BCUT2D eigenvalue weighted by Gasteiger charge is 2.15. The molecule has 3 aromatic carbocycles. The van der Waals surface area contributed by atoms with Gasteiger partial charge in [0, 0.05) is 23.2 Å². The van der Waals surface area contributed by atoms with E-state index in [1.165, 1.54) is 6.33 Å². The van der Waals surface area contributed by atoms with Crippen LogP contribution in [0.4, 0.5) is 0 Å². The van der Waals surface area contributed by atoms with E-state index in [1.54, 1.807) is 18.5 Å². The number of aromatic nitrogens is 7. The van der Waals surface area contributed by atoms with Gasteiger partial charge >= 0.3 is 6.01 Å². The van der Waals surface area contributed by atoms with Gasteiger partial charge in [-0.25, -0.2) is 9.97 Å². The number of ether oxygens (including phenoxy) is 1. The van der Waals surface area contributed by atoms with Crippen molar-refractivity contribution < 1.29 is 4.74 Å². The summed E-state index contributed by atoms with van der Waals surface area (Å²) in [5.41, 5.74) is 3.99. The van der Waals surface area contributed by atoms with Crippen LogP contribution in [0, 0.1) is 0 Å². The molecule has 0 amide bonds. The molecular formula is C24H15N7O. The Kier molecular flexibility index (Phi) is 4.25. The van der Waals surface area contributed by atoms with Crippen LogP contribution in [0.15, 0.2) is 91.5 Å². The first-order valence-electron chi connectivity index (χ1n) is 9.96. The maximum atomic E-state index is 5.81. The fraction of sp³-hybridized carbons (Fsp3) is 0. The topological polar surface area (TPSA) is 91.5 Å². The molecule has 0 aliphatic carbocycles. The molecule has 6 aromatic rings. The van der Waals surface area contributed by atoms with E-state index in [1.807, 2.05) is 47.0 Å². The first-order valence-corrected chi connectivity index (χ1v) is 9.96. The van der Waals surface area contributed by atoms with Crippen LogP contribution in [-0.4, -0.2) is 34.9 Å². The van der Waals surface area contributed by atoms with Crippen molar-refractivity contribution >= 4 is 21.8 Å². The van der Waals surface area contributed by atoms with Crippen molar-refractivity contribution in [2.24, 2.45) is 0 Å². The molecule has 0 atom stereocenters. The third kappa shape index (κ3) is 3.10. The first-order chi connectivity index (χ1) is 15.9. The number of fused-ring (bicyclic) bond motifs is 3. The van der Waals surface area contributed by atoms with E-state index in [0.717, 1.165) is 32.9 Å². The zero-order chi connectivity index (χ0) is 21.3. The number of para-hydroxylation sites is 1. The number of rotatable bonds is 4. The maximum absolute atomic E-state index is 5.81. The second-order valence-corrected chi connectivity index (χ2v) is 7.09. The Labute approximate surface area is 182 Å². The number of nitrogens with zero attached hydrogens (tertiary/aromatic N) is 7. The van der Waals surface area contributed by atoms with Gasteiger partial charge in [-0.05, 0) is 41.5 Å². The summed E-state index contributed by atoms with van der Waals surface area (Å²) >= 11 is 0. The smallest absolute Gasteiger partial charge is 0.321 e. The van der Waals surface area contributed by atoms with Crippen LogP contribution in [0.5, 0.6) is 11.8 Å². The van der Waals surface area contributed by atoms with Crippen molar-refractivity contribution in [1.29, 1.82) is 0 Å². The molecule has 0 unspecified atom stereocenters. The lowest BCUT2D eigenvalue weighted by atomic mass is 10.0. The van der Waals surface area contributed by atoms with Crippen molar-refractivity contribution in [3.8, 4) is 28.8 Å². The summed E-state index contributed by atoms with van der Waals surface area (Å²) in [6.45, 7) is 0. The van der Waals surface area contributed by atoms with E-state index >= 15 is 0 Å². The van der Waals surface area contributed by atoms with Gasteiger partial charge in [0.25, 0.3) is 5.95 Å². The van der Waals surface area contributed by atoms with Gasteiger partial charge in [0.2, 0.25) is 0 Å². The molecule has 0 saturated heterocycles. The quantitative estimate of drug-likeness (QED) is 0.413. The molecule has 0 N–H and O–H groups in total. The van der Waals surface area contributed by atoms with Crippen LogP contribution in [0.1, 0.15) is 0 Å². The summed E-state index contributed by atoms with van der Waals surface area (Å²) in [7, 11) is 0. The minimum absolute atomic E-state index is 0.307. The van der Waals surface area contributed by atoms with E-state index in [9.17, 15) is 0 Å². The largest absolute Gasteiger partial charge is 0.424 e. The van der Waals surface area contributed by atoms with Gasteiger partial charge < -0.3 is 4.74 Å². The van der Waals surface area contributed by atoms with Gasteiger partial charge in [-0.1, -0.05) is 42.5 Å². The van der Waals surface area contributed by atoms with Gasteiger partial charge in [-0.15, -0.1) is 20.4 Å². The van der Waals surface area contributed by atoms with Crippen LogP contribution in [0.25, 0.3) is 38.9 Å². The number of benzene rings is 3. The van der Waals surface area contributed by atoms with Crippen molar-refractivity contribution in [2.45, 2.75) is 0 Å². The van der Waals surface area contributed by atoms with Crippen molar-refractivity contribution in [3.05, 3.63) is 91.5 Å². The predicted octanol–water partition coefficient (Wildman–Crippen LogP) is 4.61. The Morgan fingerprint density at radius 1 is 0.656 bits per heavy atom. The highest BCUT2D eigenvalue weighted by Crippen LogP contribution is 2.34. The molecule has 3 heterocycles. The predicted molar refractivity (Wildman–Crippen MR) is 120 cm³/mol. The molecule has 0 bridgehead atoms. The van der Waals surface area contributed by atoms with Gasteiger partial charge in [0.05, 0.1) is 11.0 Å². The second kappa shape index (κ2) is 7.51. The highest BCUT2D eigenvalue weighted by atomic mass is 16.5. The van der Waals surface area contributed by atoms with Crippen molar-refractivity contribution in [2.75, 3.05) is 0 Å². The Morgan fingerprint density at radius 3 is 2.31 bits per heavy atom. The fourth-order valence-corrected chi connectivity index (χ4v) is 3.84. The van der Waals surface area contributed by atoms with E-state index in [-0.39, 0.29) is 0 Å². The molecule has 8 nitrogen and oxygen atoms in total. The summed E-state index contributed by atoms with van der Waals surface area (Å²) in [5.74, 6) is 1.09. The van der Waals surface area contributed by atoms with Gasteiger partial charge in [0.1, 0.15) is 5.75 Å².